The first kappa shape index (κ1) is 15.7. The molecule has 0 bridgehead atoms. The predicted octanol–water partition coefficient (Wildman–Crippen LogP) is 5.01. The predicted molar refractivity (Wildman–Crippen MR) is 87.3 cm³/mol. The van der Waals surface area contributed by atoms with Gasteiger partial charge < -0.3 is 10.1 Å². The van der Waals surface area contributed by atoms with Crippen LogP contribution in [0.2, 0.25) is 0 Å². The molecule has 0 saturated carbocycles. The highest BCUT2D eigenvalue weighted by Crippen LogP contribution is 2.29. The van der Waals surface area contributed by atoms with Crippen molar-refractivity contribution in [3.63, 3.8) is 0 Å². The van der Waals surface area contributed by atoms with Gasteiger partial charge in [-0.15, -0.1) is 0 Å². The minimum Gasteiger partial charge on any atom is -0.455 e. The van der Waals surface area contributed by atoms with Gasteiger partial charge in [0.1, 0.15) is 17.4 Å². The Balaban J connectivity index is 1.84. The monoisotopic (exact) mass is 325 g/mol. The Kier molecular flexibility index (Phi) is 4.52. The Bertz CT molecular complexity index is 866. The van der Waals surface area contributed by atoms with Crippen molar-refractivity contribution >= 4 is 11.6 Å². The Hall–Kier alpha value is -3.21. The molecule has 0 spiro atoms. The van der Waals surface area contributed by atoms with E-state index in [4.69, 9.17) is 4.74 Å². The number of halogens is 2. The number of benzene rings is 3. The van der Waals surface area contributed by atoms with E-state index in [0.29, 0.717) is 23.3 Å². The molecule has 3 nitrogen and oxygen atoms in total. The van der Waals surface area contributed by atoms with Gasteiger partial charge in [-0.1, -0.05) is 30.3 Å². The van der Waals surface area contributed by atoms with Crippen LogP contribution in [-0.4, -0.2) is 5.91 Å². The van der Waals surface area contributed by atoms with Crippen molar-refractivity contribution in [1.29, 1.82) is 0 Å². The van der Waals surface area contributed by atoms with Gasteiger partial charge in [0.15, 0.2) is 5.75 Å². The van der Waals surface area contributed by atoms with Gasteiger partial charge in [0.05, 0.1) is 11.3 Å². The lowest BCUT2D eigenvalue weighted by atomic mass is 10.2. The summed E-state index contributed by atoms with van der Waals surface area (Å²) in [6, 6.07) is 18.7. The molecule has 3 aromatic carbocycles. The van der Waals surface area contributed by atoms with Crippen molar-refractivity contribution < 1.29 is 18.3 Å². The Morgan fingerprint density at radius 2 is 1.58 bits per heavy atom. The molecule has 0 aliphatic rings. The number of hydrogen-bond acceptors (Lipinski definition) is 2. The van der Waals surface area contributed by atoms with Crippen molar-refractivity contribution in [2.75, 3.05) is 5.32 Å². The molecule has 0 fully saturated rings. The minimum absolute atomic E-state index is 0.245. The summed E-state index contributed by atoms with van der Waals surface area (Å²) in [5.41, 5.74) is 0.140. The van der Waals surface area contributed by atoms with Crippen LogP contribution >= 0.6 is 0 Å². The third kappa shape index (κ3) is 3.57. The van der Waals surface area contributed by atoms with E-state index in [9.17, 15) is 13.6 Å². The number of anilines is 1. The average molecular weight is 325 g/mol. The number of hydrogen-bond donors (Lipinski definition) is 1. The average Bonchev–Trinajstić information content (AvgIpc) is 2.57. The fourth-order valence-corrected chi connectivity index (χ4v) is 2.14. The van der Waals surface area contributed by atoms with Crippen LogP contribution in [0.15, 0.2) is 72.8 Å². The van der Waals surface area contributed by atoms with E-state index >= 15 is 0 Å². The zero-order valence-corrected chi connectivity index (χ0v) is 12.5. The molecule has 0 radical (unpaired) electrons. The topological polar surface area (TPSA) is 38.3 Å². The Morgan fingerprint density at radius 1 is 0.875 bits per heavy atom. The van der Waals surface area contributed by atoms with Gasteiger partial charge in [-0.2, -0.15) is 0 Å². The summed E-state index contributed by atoms with van der Waals surface area (Å²) in [5, 5.41) is 2.58. The molecule has 0 unspecified atom stereocenters. The maximum absolute atomic E-state index is 13.7. The third-order valence-electron chi connectivity index (χ3n) is 3.28. The highest BCUT2D eigenvalue weighted by Gasteiger charge is 2.14. The largest absolute Gasteiger partial charge is 0.455 e. The van der Waals surface area contributed by atoms with E-state index in [1.807, 2.05) is 18.2 Å². The van der Waals surface area contributed by atoms with E-state index in [1.165, 1.54) is 0 Å². The van der Waals surface area contributed by atoms with Gasteiger partial charge in [-0.25, -0.2) is 8.78 Å². The molecule has 0 aromatic heterocycles. The summed E-state index contributed by atoms with van der Waals surface area (Å²) in [7, 11) is 0. The zero-order chi connectivity index (χ0) is 16.9. The van der Waals surface area contributed by atoms with Crippen molar-refractivity contribution in [3.8, 4) is 11.5 Å². The number of carbonyl (C=O) groups is 1. The van der Waals surface area contributed by atoms with E-state index in [0.717, 1.165) is 12.1 Å². The zero-order valence-electron chi connectivity index (χ0n) is 12.5. The van der Waals surface area contributed by atoms with Crippen LogP contribution in [-0.2, 0) is 0 Å². The van der Waals surface area contributed by atoms with Crippen LogP contribution in [0.25, 0.3) is 0 Å². The van der Waals surface area contributed by atoms with Crippen LogP contribution in [0, 0.1) is 11.6 Å². The van der Waals surface area contributed by atoms with Gasteiger partial charge in [0.25, 0.3) is 5.91 Å². The normalized spacial score (nSPS) is 10.2. The summed E-state index contributed by atoms with van der Waals surface area (Å²) in [6.07, 6.45) is 0. The molecule has 0 heterocycles. The van der Waals surface area contributed by atoms with E-state index in [2.05, 4.69) is 5.32 Å². The van der Waals surface area contributed by atoms with Crippen LogP contribution in [0.5, 0.6) is 11.5 Å². The lowest BCUT2D eigenvalue weighted by Crippen LogP contribution is -2.14. The Labute approximate surface area is 137 Å². The first-order valence-electron chi connectivity index (χ1n) is 7.22. The first-order chi connectivity index (χ1) is 11.6. The number of carbonyl (C=O) groups excluding carboxylic acids is 1. The number of ether oxygens (including phenoxy) is 1. The van der Waals surface area contributed by atoms with E-state index in [-0.39, 0.29) is 5.56 Å². The molecule has 120 valence electrons. The number of rotatable bonds is 4. The van der Waals surface area contributed by atoms with Gasteiger partial charge in [-0.05, 0) is 36.4 Å². The molecule has 3 aromatic rings. The molecule has 24 heavy (non-hydrogen) atoms. The molecular weight excluding hydrogens is 312 g/mol. The van der Waals surface area contributed by atoms with Gasteiger partial charge in [0, 0.05) is 6.07 Å². The summed E-state index contributed by atoms with van der Waals surface area (Å²) in [5.74, 6) is -1.32. The number of nitrogens with one attached hydrogen (secondary N) is 1. The summed E-state index contributed by atoms with van der Waals surface area (Å²) in [6.45, 7) is 0. The lowest BCUT2D eigenvalue weighted by Gasteiger charge is -2.12. The second-order valence-corrected chi connectivity index (χ2v) is 4.99. The molecule has 3 rings (SSSR count). The molecule has 0 aliphatic heterocycles. The van der Waals surface area contributed by atoms with Crippen LogP contribution in [0.4, 0.5) is 14.5 Å². The molecule has 5 heteroatoms. The van der Waals surface area contributed by atoms with Gasteiger partial charge >= 0.3 is 0 Å². The minimum atomic E-state index is -0.922. The van der Waals surface area contributed by atoms with Crippen molar-refractivity contribution in [2.24, 2.45) is 0 Å². The second-order valence-electron chi connectivity index (χ2n) is 4.99. The summed E-state index contributed by atoms with van der Waals surface area (Å²) < 4.78 is 32.4. The first-order valence-corrected chi connectivity index (χ1v) is 7.22. The van der Waals surface area contributed by atoms with Gasteiger partial charge in [-0.3, -0.25) is 4.79 Å². The molecule has 1 N–H and O–H groups in total. The Morgan fingerprint density at radius 3 is 2.33 bits per heavy atom. The van der Waals surface area contributed by atoms with Crippen molar-refractivity contribution in [3.05, 3.63) is 90.0 Å². The fraction of sp³-hybridized carbons (Fsp3) is 0. The van der Waals surface area contributed by atoms with E-state index in [1.54, 1.807) is 36.4 Å². The van der Waals surface area contributed by atoms with Gasteiger partial charge in [0.2, 0.25) is 0 Å². The fourth-order valence-electron chi connectivity index (χ4n) is 2.14. The standard InChI is InChI=1S/C19H13F2NO2/c20-13-10-11-15(16(21)12-13)19(23)22-17-8-4-5-9-18(17)24-14-6-2-1-3-7-14/h1-12H,(H,22,23). The van der Waals surface area contributed by atoms with E-state index < -0.39 is 17.5 Å². The number of para-hydroxylation sites is 3. The molecule has 0 atom stereocenters. The maximum atomic E-state index is 13.7. The van der Waals surface area contributed by atoms with Crippen LogP contribution in [0.3, 0.4) is 0 Å². The molecular formula is C19H13F2NO2. The third-order valence-corrected chi connectivity index (χ3v) is 3.28. The lowest BCUT2D eigenvalue weighted by molar-refractivity contribution is 0.102. The van der Waals surface area contributed by atoms with Crippen molar-refractivity contribution in [2.45, 2.75) is 0 Å². The highest BCUT2D eigenvalue weighted by molar-refractivity contribution is 6.05. The highest BCUT2D eigenvalue weighted by atomic mass is 19.1. The summed E-state index contributed by atoms with van der Waals surface area (Å²) in [4.78, 5) is 12.2. The SMILES string of the molecule is O=C(Nc1ccccc1Oc1ccccc1)c1ccc(F)cc1F. The molecule has 0 saturated heterocycles. The molecule has 1 amide bonds. The van der Waals surface area contributed by atoms with Crippen LogP contribution < -0.4 is 10.1 Å². The van der Waals surface area contributed by atoms with Crippen LogP contribution in [0.1, 0.15) is 10.4 Å². The molecule has 0 aliphatic carbocycles. The summed E-state index contributed by atoms with van der Waals surface area (Å²) >= 11 is 0. The number of amides is 1. The maximum Gasteiger partial charge on any atom is 0.258 e. The second kappa shape index (κ2) is 6.91. The quantitative estimate of drug-likeness (QED) is 0.732. The van der Waals surface area contributed by atoms with Crippen molar-refractivity contribution in [1.82, 2.24) is 0 Å². The smallest absolute Gasteiger partial charge is 0.258 e.